The van der Waals surface area contributed by atoms with Crippen LogP contribution in [-0.2, 0) is 14.3 Å². The van der Waals surface area contributed by atoms with Gasteiger partial charge in [-0.25, -0.2) is 0 Å². The molecule has 2 fully saturated rings. The predicted molar refractivity (Wildman–Crippen MR) is 107 cm³/mol. The van der Waals surface area contributed by atoms with Crippen molar-refractivity contribution in [3.63, 3.8) is 0 Å². The van der Waals surface area contributed by atoms with Crippen molar-refractivity contribution in [3.8, 4) is 11.5 Å². The number of ether oxygens (including phenoxy) is 3. The van der Waals surface area contributed by atoms with Crippen LogP contribution in [-0.4, -0.2) is 86.2 Å². The topological polar surface area (TPSA) is 97.4 Å². The van der Waals surface area contributed by atoms with Crippen molar-refractivity contribution < 1.29 is 28.6 Å². The summed E-state index contributed by atoms with van der Waals surface area (Å²) in [6, 6.07) is 5.10. The quantitative estimate of drug-likeness (QED) is 0.766. The van der Waals surface area contributed by atoms with E-state index in [4.69, 9.17) is 14.2 Å². The average molecular weight is 417 g/mol. The van der Waals surface area contributed by atoms with Crippen LogP contribution < -0.4 is 14.8 Å². The molecule has 3 heterocycles. The summed E-state index contributed by atoms with van der Waals surface area (Å²) in [5.41, 5.74) is -0.262. The first-order valence-electron chi connectivity index (χ1n) is 10.3. The number of hydrogen-bond donors (Lipinski definition) is 1. The molecule has 9 heteroatoms. The van der Waals surface area contributed by atoms with Crippen LogP contribution in [0, 0.1) is 0 Å². The minimum atomic E-state index is -0.709. The summed E-state index contributed by atoms with van der Waals surface area (Å²) in [4.78, 5) is 41.2. The number of carbonyl (C=O) groups is 3. The molecular weight excluding hydrogens is 390 g/mol. The van der Waals surface area contributed by atoms with Gasteiger partial charge in [-0.05, 0) is 18.6 Å². The van der Waals surface area contributed by atoms with E-state index in [1.165, 1.54) is 0 Å². The number of morpholine rings is 1. The van der Waals surface area contributed by atoms with Crippen molar-refractivity contribution >= 4 is 17.7 Å². The first-order valence-corrected chi connectivity index (χ1v) is 10.3. The van der Waals surface area contributed by atoms with Crippen LogP contribution in [0.15, 0.2) is 18.2 Å². The van der Waals surface area contributed by atoms with Gasteiger partial charge in [0.15, 0.2) is 0 Å². The smallest absolute Gasteiger partial charge is 0.255 e. The molecule has 1 atom stereocenters. The number of methoxy groups -OCH3 is 1. The number of hydrogen-bond acceptors (Lipinski definition) is 6. The van der Waals surface area contributed by atoms with E-state index in [0.717, 1.165) is 0 Å². The molecule has 0 saturated carbocycles. The lowest BCUT2D eigenvalue weighted by atomic mass is 9.94. The number of carbonyl (C=O) groups excluding carboxylic acids is 3. The number of benzene rings is 1. The Morgan fingerprint density at radius 1 is 1.20 bits per heavy atom. The minimum absolute atomic E-state index is 0.0612. The van der Waals surface area contributed by atoms with Crippen molar-refractivity contribution in [2.24, 2.45) is 0 Å². The molecular formula is C21H27N3O6. The van der Waals surface area contributed by atoms with Gasteiger partial charge in [0.25, 0.3) is 5.91 Å². The lowest BCUT2D eigenvalue weighted by Crippen LogP contribution is -2.48. The number of amides is 3. The van der Waals surface area contributed by atoms with Gasteiger partial charge < -0.3 is 29.3 Å². The first kappa shape index (κ1) is 20.5. The summed E-state index contributed by atoms with van der Waals surface area (Å²) in [5, 5.41) is 2.93. The molecule has 1 N–H and O–H groups in total. The van der Waals surface area contributed by atoms with E-state index in [0.29, 0.717) is 69.3 Å². The van der Waals surface area contributed by atoms with Gasteiger partial charge >= 0.3 is 0 Å². The van der Waals surface area contributed by atoms with Crippen LogP contribution in [0.4, 0.5) is 0 Å². The van der Waals surface area contributed by atoms with Gasteiger partial charge in [-0.3, -0.25) is 14.4 Å². The van der Waals surface area contributed by atoms with Crippen LogP contribution in [0.2, 0.25) is 0 Å². The zero-order chi connectivity index (χ0) is 21.1. The molecule has 1 unspecified atom stereocenters. The molecule has 1 aromatic carbocycles. The van der Waals surface area contributed by atoms with E-state index in [-0.39, 0.29) is 30.7 Å². The summed E-state index contributed by atoms with van der Waals surface area (Å²) in [6.07, 6.45) is 1.24. The molecule has 2 saturated heterocycles. The molecule has 3 aliphatic heterocycles. The third kappa shape index (κ3) is 4.21. The number of fused-ring (bicyclic) bond motifs is 1. The van der Waals surface area contributed by atoms with E-state index >= 15 is 0 Å². The molecule has 0 radical (unpaired) electrons. The van der Waals surface area contributed by atoms with E-state index in [2.05, 4.69) is 5.32 Å². The molecule has 162 valence electrons. The summed E-state index contributed by atoms with van der Waals surface area (Å²) < 4.78 is 16.9. The lowest BCUT2D eigenvalue weighted by molar-refractivity contribution is -0.142. The Kier molecular flexibility index (Phi) is 5.80. The average Bonchev–Trinajstić information content (AvgIpc) is 3.01. The second-order valence-electron chi connectivity index (χ2n) is 7.89. The Balaban J connectivity index is 1.48. The highest BCUT2D eigenvalue weighted by Gasteiger charge is 2.41. The third-order valence-electron chi connectivity index (χ3n) is 6.01. The maximum absolute atomic E-state index is 12.7. The van der Waals surface area contributed by atoms with E-state index < -0.39 is 5.60 Å². The van der Waals surface area contributed by atoms with Gasteiger partial charge in [-0.1, -0.05) is 0 Å². The van der Waals surface area contributed by atoms with Crippen LogP contribution in [0.25, 0.3) is 0 Å². The molecule has 9 nitrogen and oxygen atoms in total. The monoisotopic (exact) mass is 417 g/mol. The van der Waals surface area contributed by atoms with Crippen LogP contribution in [0.1, 0.15) is 29.6 Å². The SMILES string of the molecule is COc1ccc2c(c1)OC1(CCC(=O)N(CC(=O)N3CCOCC3)CC1)CNC2=O. The van der Waals surface area contributed by atoms with Crippen LogP contribution in [0.5, 0.6) is 11.5 Å². The zero-order valence-electron chi connectivity index (χ0n) is 17.1. The van der Waals surface area contributed by atoms with Crippen LogP contribution in [0.3, 0.4) is 0 Å². The number of nitrogens with zero attached hydrogens (tertiary/aromatic N) is 2. The summed E-state index contributed by atoms with van der Waals surface area (Å²) in [5.74, 6) is 0.710. The van der Waals surface area contributed by atoms with Crippen molar-refractivity contribution in [1.29, 1.82) is 0 Å². The van der Waals surface area contributed by atoms with Gasteiger partial charge in [-0.2, -0.15) is 0 Å². The molecule has 1 aromatic rings. The fourth-order valence-corrected chi connectivity index (χ4v) is 4.11. The van der Waals surface area contributed by atoms with Gasteiger partial charge in [0.2, 0.25) is 11.8 Å². The summed E-state index contributed by atoms with van der Waals surface area (Å²) >= 11 is 0. The molecule has 0 aromatic heterocycles. The Morgan fingerprint density at radius 3 is 2.77 bits per heavy atom. The molecule has 30 heavy (non-hydrogen) atoms. The zero-order valence-corrected chi connectivity index (χ0v) is 17.1. The molecule has 1 spiro atoms. The van der Waals surface area contributed by atoms with Crippen LogP contribution >= 0.6 is 0 Å². The molecule has 3 aliphatic rings. The standard InChI is InChI=1S/C21H27N3O6/c1-28-15-2-3-16-17(12-15)30-21(14-22-20(16)27)5-4-18(25)24(7-6-21)13-19(26)23-8-10-29-11-9-23/h2-3,12H,4-11,13-14H2,1H3,(H,22,27). The molecule has 0 bridgehead atoms. The Labute approximate surface area is 175 Å². The maximum Gasteiger partial charge on any atom is 0.255 e. The number of likely N-dealkylation sites (tertiary alicyclic amines) is 1. The van der Waals surface area contributed by atoms with Gasteiger partial charge in [0, 0.05) is 38.5 Å². The molecule has 3 amide bonds. The first-order chi connectivity index (χ1) is 14.5. The van der Waals surface area contributed by atoms with Crippen molar-refractivity contribution in [2.75, 3.05) is 53.0 Å². The van der Waals surface area contributed by atoms with Crippen molar-refractivity contribution in [2.45, 2.75) is 24.9 Å². The maximum atomic E-state index is 12.7. The Hall–Kier alpha value is -2.81. The number of rotatable bonds is 3. The van der Waals surface area contributed by atoms with E-state index in [1.54, 1.807) is 35.1 Å². The van der Waals surface area contributed by atoms with E-state index in [1.807, 2.05) is 0 Å². The molecule has 0 aliphatic carbocycles. The highest BCUT2D eigenvalue weighted by Crippen LogP contribution is 2.35. The largest absolute Gasteiger partial charge is 0.497 e. The second-order valence-corrected chi connectivity index (χ2v) is 7.89. The highest BCUT2D eigenvalue weighted by molar-refractivity contribution is 5.97. The normalized spacial score (nSPS) is 24.4. The van der Waals surface area contributed by atoms with Gasteiger partial charge in [0.05, 0.1) is 39.0 Å². The Morgan fingerprint density at radius 2 is 2.00 bits per heavy atom. The Bertz CT molecular complexity index is 838. The molecule has 4 rings (SSSR count). The second kappa shape index (κ2) is 8.51. The highest BCUT2D eigenvalue weighted by atomic mass is 16.5. The van der Waals surface area contributed by atoms with Gasteiger partial charge in [-0.15, -0.1) is 0 Å². The predicted octanol–water partition coefficient (Wildman–Crippen LogP) is 0.428. The number of nitrogens with one attached hydrogen (secondary N) is 1. The minimum Gasteiger partial charge on any atom is -0.497 e. The lowest BCUT2D eigenvalue weighted by Gasteiger charge is -2.32. The fourth-order valence-electron chi connectivity index (χ4n) is 4.11. The van der Waals surface area contributed by atoms with Gasteiger partial charge in [0.1, 0.15) is 17.1 Å². The van der Waals surface area contributed by atoms with Crippen molar-refractivity contribution in [1.82, 2.24) is 15.1 Å². The summed E-state index contributed by atoms with van der Waals surface area (Å²) in [7, 11) is 1.56. The van der Waals surface area contributed by atoms with E-state index in [9.17, 15) is 14.4 Å². The fraction of sp³-hybridized carbons (Fsp3) is 0.571. The summed E-state index contributed by atoms with van der Waals surface area (Å²) in [6.45, 7) is 2.92. The van der Waals surface area contributed by atoms with Crippen molar-refractivity contribution in [3.05, 3.63) is 23.8 Å². The third-order valence-corrected chi connectivity index (χ3v) is 6.01.